The lowest BCUT2D eigenvalue weighted by Crippen LogP contribution is -2.04. The summed E-state index contributed by atoms with van der Waals surface area (Å²) in [5, 5.41) is 4.83. The van der Waals surface area contributed by atoms with Crippen LogP contribution in [-0.2, 0) is 0 Å². The minimum absolute atomic E-state index is 0.881. The summed E-state index contributed by atoms with van der Waals surface area (Å²) in [7, 11) is 0. The number of fused-ring (bicyclic) bond motifs is 6. The maximum atomic E-state index is 5.53. The molecular weight excluding hydrogens is 607 g/mol. The van der Waals surface area contributed by atoms with Gasteiger partial charge in [0.2, 0.25) is 0 Å². The second-order valence-electron chi connectivity index (χ2n) is 12.8. The smallest absolute Gasteiger partial charge is 0.140 e. The third kappa shape index (κ3) is 4.56. The summed E-state index contributed by atoms with van der Waals surface area (Å²) in [6, 6.07) is 67.3. The Hall–Kier alpha value is -6.71. The molecule has 0 spiro atoms. The molecular formula is C47H31N3. The van der Waals surface area contributed by atoms with Gasteiger partial charge in [0.25, 0.3) is 0 Å². The van der Waals surface area contributed by atoms with E-state index in [9.17, 15) is 0 Å². The van der Waals surface area contributed by atoms with Crippen molar-refractivity contribution in [3.8, 4) is 45.0 Å². The lowest BCUT2D eigenvalue weighted by atomic mass is 10.0. The molecule has 0 aliphatic carbocycles. The van der Waals surface area contributed by atoms with Crippen LogP contribution in [0.15, 0.2) is 188 Å². The minimum Gasteiger partial charge on any atom is -0.294 e. The molecule has 0 radical (unpaired) electrons. The monoisotopic (exact) mass is 637 g/mol. The fourth-order valence-corrected chi connectivity index (χ4v) is 7.59. The van der Waals surface area contributed by atoms with E-state index in [-0.39, 0.29) is 0 Å². The highest BCUT2D eigenvalue weighted by Gasteiger charge is 2.19. The van der Waals surface area contributed by atoms with Crippen molar-refractivity contribution in [1.29, 1.82) is 0 Å². The molecule has 0 saturated carbocycles. The quantitative estimate of drug-likeness (QED) is 0.184. The van der Waals surface area contributed by atoms with Crippen molar-refractivity contribution in [3.63, 3.8) is 0 Å². The zero-order valence-corrected chi connectivity index (χ0v) is 27.2. The number of para-hydroxylation sites is 2. The van der Waals surface area contributed by atoms with E-state index in [1.54, 1.807) is 0 Å². The fourth-order valence-electron chi connectivity index (χ4n) is 7.59. The van der Waals surface area contributed by atoms with E-state index < -0.39 is 0 Å². The molecule has 0 N–H and O–H groups in total. The van der Waals surface area contributed by atoms with Crippen LogP contribution in [0.3, 0.4) is 0 Å². The van der Waals surface area contributed by atoms with E-state index in [0.29, 0.717) is 0 Å². The molecule has 3 aromatic heterocycles. The van der Waals surface area contributed by atoms with Crippen molar-refractivity contribution >= 4 is 43.6 Å². The molecule has 3 heteroatoms. The number of hydrogen-bond donors (Lipinski definition) is 0. The van der Waals surface area contributed by atoms with Gasteiger partial charge in [-0.25, -0.2) is 4.98 Å². The van der Waals surface area contributed by atoms with Crippen molar-refractivity contribution in [2.75, 3.05) is 0 Å². The first kappa shape index (κ1) is 28.3. The average molecular weight is 638 g/mol. The Kier molecular flexibility index (Phi) is 6.49. The molecule has 3 heterocycles. The molecule has 10 rings (SSSR count). The number of benzene rings is 7. The van der Waals surface area contributed by atoms with Crippen molar-refractivity contribution in [3.05, 3.63) is 188 Å². The Morgan fingerprint density at radius 2 is 0.620 bits per heavy atom. The second kappa shape index (κ2) is 11.5. The van der Waals surface area contributed by atoms with Gasteiger partial charge in [-0.05, 0) is 81.9 Å². The summed E-state index contributed by atoms with van der Waals surface area (Å²) >= 11 is 0. The van der Waals surface area contributed by atoms with E-state index in [2.05, 4.69) is 197 Å². The molecule has 0 fully saturated rings. The van der Waals surface area contributed by atoms with Crippen molar-refractivity contribution in [2.45, 2.75) is 0 Å². The Morgan fingerprint density at radius 3 is 1.06 bits per heavy atom. The van der Waals surface area contributed by atoms with Crippen molar-refractivity contribution in [1.82, 2.24) is 14.1 Å². The van der Waals surface area contributed by atoms with Crippen molar-refractivity contribution in [2.24, 2.45) is 0 Å². The highest BCUT2D eigenvalue weighted by Crippen LogP contribution is 2.38. The number of rotatable bonds is 5. The topological polar surface area (TPSA) is 22.8 Å². The van der Waals surface area contributed by atoms with Gasteiger partial charge in [0.15, 0.2) is 0 Å². The van der Waals surface area contributed by atoms with E-state index >= 15 is 0 Å². The number of nitrogens with zero attached hydrogens (tertiary/aromatic N) is 3. The standard InChI is InChI=1S/C47H31N3/c1-4-14-32(15-5-1)35-24-26-44-40(28-35)38-20-10-12-22-42(38)49(44)46-30-37(34-18-8-3-9-19-34)31-47(48-46)50-43-23-13-11-21-39(43)41-29-36(25-27-45(41)50)33-16-6-2-7-17-33/h1-31H. The maximum Gasteiger partial charge on any atom is 0.140 e. The summed E-state index contributed by atoms with van der Waals surface area (Å²) in [6.45, 7) is 0. The van der Waals surface area contributed by atoms with Gasteiger partial charge >= 0.3 is 0 Å². The van der Waals surface area contributed by atoms with Crippen LogP contribution in [0.4, 0.5) is 0 Å². The zero-order chi connectivity index (χ0) is 33.0. The molecule has 10 aromatic rings. The first-order valence-electron chi connectivity index (χ1n) is 17.1. The zero-order valence-electron chi connectivity index (χ0n) is 27.2. The largest absolute Gasteiger partial charge is 0.294 e. The van der Waals surface area contributed by atoms with Gasteiger partial charge in [-0.3, -0.25) is 9.13 Å². The fraction of sp³-hybridized carbons (Fsp3) is 0. The molecule has 0 amide bonds. The first-order chi connectivity index (χ1) is 24.8. The van der Waals surface area contributed by atoms with Crippen LogP contribution in [0.25, 0.3) is 88.6 Å². The van der Waals surface area contributed by atoms with Crippen LogP contribution in [0.1, 0.15) is 0 Å². The number of hydrogen-bond acceptors (Lipinski definition) is 1. The van der Waals surface area contributed by atoms with Crippen LogP contribution in [0.5, 0.6) is 0 Å². The Morgan fingerprint density at radius 1 is 0.260 bits per heavy atom. The lowest BCUT2D eigenvalue weighted by Gasteiger charge is -2.15. The van der Waals surface area contributed by atoms with Gasteiger partial charge in [-0.15, -0.1) is 0 Å². The third-order valence-electron chi connectivity index (χ3n) is 9.92. The van der Waals surface area contributed by atoms with Gasteiger partial charge in [-0.1, -0.05) is 140 Å². The summed E-state index contributed by atoms with van der Waals surface area (Å²) in [6.07, 6.45) is 0. The molecule has 0 unspecified atom stereocenters. The van der Waals surface area contributed by atoms with E-state index in [1.165, 1.54) is 43.8 Å². The summed E-state index contributed by atoms with van der Waals surface area (Å²) < 4.78 is 4.66. The summed E-state index contributed by atoms with van der Waals surface area (Å²) in [5.74, 6) is 1.76. The molecule has 0 saturated heterocycles. The van der Waals surface area contributed by atoms with E-state index in [4.69, 9.17) is 4.98 Å². The van der Waals surface area contributed by atoms with Crippen LogP contribution < -0.4 is 0 Å². The highest BCUT2D eigenvalue weighted by molar-refractivity contribution is 6.11. The molecule has 0 aliphatic rings. The Bertz CT molecular complexity index is 2670. The van der Waals surface area contributed by atoms with Crippen molar-refractivity contribution < 1.29 is 0 Å². The summed E-state index contributed by atoms with van der Waals surface area (Å²) in [5.41, 5.74) is 11.6. The van der Waals surface area contributed by atoms with Gasteiger partial charge < -0.3 is 0 Å². The SMILES string of the molecule is c1ccc(-c2cc(-n3c4ccccc4c4cc(-c5ccccc5)ccc43)nc(-n3c4ccccc4c4cc(-c5ccccc5)ccc43)c2)cc1. The third-order valence-corrected chi connectivity index (χ3v) is 9.92. The molecule has 7 aromatic carbocycles. The number of pyridine rings is 1. The molecule has 234 valence electrons. The van der Waals surface area contributed by atoms with Gasteiger partial charge in [0.1, 0.15) is 11.6 Å². The first-order valence-corrected chi connectivity index (χ1v) is 17.1. The van der Waals surface area contributed by atoms with Gasteiger partial charge in [-0.2, -0.15) is 0 Å². The number of aromatic nitrogens is 3. The van der Waals surface area contributed by atoms with E-state index in [0.717, 1.165) is 44.8 Å². The molecule has 0 atom stereocenters. The molecule has 50 heavy (non-hydrogen) atoms. The second-order valence-corrected chi connectivity index (χ2v) is 12.8. The van der Waals surface area contributed by atoms with Gasteiger partial charge in [0.05, 0.1) is 22.1 Å². The van der Waals surface area contributed by atoms with E-state index in [1.807, 2.05) is 0 Å². The normalized spacial score (nSPS) is 11.6. The van der Waals surface area contributed by atoms with Crippen LogP contribution in [-0.4, -0.2) is 14.1 Å². The lowest BCUT2D eigenvalue weighted by molar-refractivity contribution is 1.01. The maximum absolute atomic E-state index is 5.53. The Labute approximate surface area is 290 Å². The minimum atomic E-state index is 0.881. The molecule has 3 nitrogen and oxygen atoms in total. The molecule has 0 bridgehead atoms. The van der Waals surface area contributed by atoms with Gasteiger partial charge in [0, 0.05) is 21.5 Å². The van der Waals surface area contributed by atoms with Crippen LogP contribution in [0.2, 0.25) is 0 Å². The molecule has 0 aliphatic heterocycles. The van der Waals surface area contributed by atoms with Crippen LogP contribution in [0, 0.1) is 0 Å². The average Bonchev–Trinajstić information content (AvgIpc) is 3.71. The predicted molar refractivity (Wildman–Crippen MR) is 209 cm³/mol. The highest BCUT2D eigenvalue weighted by atomic mass is 15.1. The Balaban J connectivity index is 1.25. The summed E-state index contributed by atoms with van der Waals surface area (Å²) in [4.78, 5) is 5.53. The predicted octanol–water partition coefficient (Wildman–Crippen LogP) is 12.3. The van der Waals surface area contributed by atoms with Crippen LogP contribution >= 0.6 is 0 Å².